The van der Waals surface area contributed by atoms with Gasteiger partial charge in [-0.15, -0.1) is 0 Å². The zero-order chi connectivity index (χ0) is 24.2. The van der Waals surface area contributed by atoms with E-state index in [-0.39, 0.29) is 12.5 Å². The predicted octanol–water partition coefficient (Wildman–Crippen LogP) is 4.68. The number of hydrogen-bond donors (Lipinski definition) is 2. The normalized spacial score (nSPS) is 16.2. The van der Waals surface area contributed by atoms with Gasteiger partial charge in [0.05, 0.1) is 7.11 Å². The van der Waals surface area contributed by atoms with Crippen molar-refractivity contribution in [2.45, 2.75) is 18.9 Å². The minimum atomic E-state index is -0.762. The molecule has 3 aromatic rings. The molecule has 1 fully saturated rings. The molecule has 1 heterocycles. The van der Waals surface area contributed by atoms with Crippen LogP contribution in [0.2, 0.25) is 5.02 Å². The lowest BCUT2D eigenvalue weighted by atomic mass is 9.91. The molecule has 1 aliphatic rings. The monoisotopic (exact) mass is 477 g/mol. The standard InChI is InChI=1S/C26H24ClN3O4/c1-16(18-4-3-5-19(14-18)17-6-8-20(27)9-7-17)24-25(32)30(26(33)29-24)15-23(31)28-21-10-12-22(34-2)13-11-21/h3-14,16,24H,15H2,1-2H3,(H,28,31)(H,29,33). The van der Waals surface area contributed by atoms with E-state index in [4.69, 9.17) is 16.3 Å². The topological polar surface area (TPSA) is 87.7 Å². The van der Waals surface area contributed by atoms with Gasteiger partial charge >= 0.3 is 6.03 Å². The Morgan fingerprint density at radius 3 is 2.44 bits per heavy atom. The molecule has 0 radical (unpaired) electrons. The Balaban J connectivity index is 1.44. The fourth-order valence-corrected chi connectivity index (χ4v) is 4.01. The maximum Gasteiger partial charge on any atom is 0.325 e. The van der Waals surface area contributed by atoms with Crippen molar-refractivity contribution in [1.82, 2.24) is 10.2 Å². The Bertz CT molecular complexity index is 1210. The van der Waals surface area contributed by atoms with Gasteiger partial charge in [-0.1, -0.05) is 54.9 Å². The van der Waals surface area contributed by atoms with Crippen molar-refractivity contribution in [1.29, 1.82) is 0 Å². The van der Waals surface area contributed by atoms with E-state index in [1.807, 2.05) is 55.5 Å². The molecule has 3 aromatic carbocycles. The molecule has 4 amide bonds. The molecule has 34 heavy (non-hydrogen) atoms. The summed E-state index contributed by atoms with van der Waals surface area (Å²) in [6.45, 7) is 1.51. The van der Waals surface area contributed by atoms with Gasteiger partial charge in [-0.05, 0) is 53.1 Å². The molecule has 0 saturated carbocycles. The van der Waals surface area contributed by atoms with Gasteiger partial charge in [0.1, 0.15) is 18.3 Å². The van der Waals surface area contributed by atoms with Gasteiger partial charge in [-0.3, -0.25) is 14.5 Å². The molecule has 0 aliphatic carbocycles. The largest absolute Gasteiger partial charge is 0.497 e. The van der Waals surface area contributed by atoms with Gasteiger partial charge in [0.25, 0.3) is 5.91 Å². The number of anilines is 1. The molecule has 2 N–H and O–H groups in total. The van der Waals surface area contributed by atoms with Crippen LogP contribution in [0.1, 0.15) is 18.4 Å². The minimum absolute atomic E-state index is 0.293. The molecule has 2 unspecified atom stereocenters. The van der Waals surface area contributed by atoms with Crippen LogP contribution >= 0.6 is 11.6 Å². The molecule has 174 valence electrons. The van der Waals surface area contributed by atoms with E-state index in [0.717, 1.165) is 21.6 Å². The summed E-state index contributed by atoms with van der Waals surface area (Å²) in [4.78, 5) is 38.9. The fourth-order valence-electron chi connectivity index (χ4n) is 3.88. The van der Waals surface area contributed by atoms with Crippen LogP contribution in [0.3, 0.4) is 0 Å². The van der Waals surface area contributed by atoms with Crippen LogP contribution in [-0.2, 0) is 9.59 Å². The third-order valence-electron chi connectivity index (χ3n) is 5.82. The predicted molar refractivity (Wildman–Crippen MR) is 131 cm³/mol. The number of nitrogens with zero attached hydrogens (tertiary/aromatic N) is 1. The van der Waals surface area contributed by atoms with Crippen LogP contribution in [0.4, 0.5) is 10.5 Å². The van der Waals surface area contributed by atoms with Gasteiger partial charge in [0.15, 0.2) is 0 Å². The zero-order valence-electron chi connectivity index (χ0n) is 18.7. The van der Waals surface area contributed by atoms with Gasteiger partial charge in [0, 0.05) is 16.6 Å². The second kappa shape index (κ2) is 9.97. The number of methoxy groups -OCH3 is 1. The lowest BCUT2D eigenvalue weighted by Crippen LogP contribution is -2.39. The smallest absolute Gasteiger partial charge is 0.325 e. The number of ether oxygens (including phenoxy) is 1. The van der Waals surface area contributed by atoms with E-state index in [9.17, 15) is 14.4 Å². The first kappa shape index (κ1) is 23.3. The van der Waals surface area contributed by atoms with Crippen LogP contribution in [0.25, 0.3) is 11.1 Å². The number of nitrogens with one attached hydrogen (secondary N) is 2. The van der Waals surface area contributed by atoms with Gasteiger partial charge in [-0.25, -0.2) is 4.79 Å². The summed E-state index contributed by atoms with van der Waals surface area (Å²) in [7, 11) is 1.55. The first-order valence-electron chi connectivity index (χ1n) is 10.8. The third-order valence-corrected chi connectivity index (χ3v) is 6.07. The number of carbonyl (C=O) groups is 3. The highest BCUT2D eigenvalue weighted by atomic mass is 35.5. The molecule has 8 heteroatoms. The van der Waals surface area contributed by atoms with Crippen LogP contribution in [0.15, 0.2) is 72.8 Å². The van der Waals surface area contributed by atoms with Gasteiger partial charge < -0.3 is 15.4 Å². The summed E-state index contributed by atoms with van der Waals surface area (Å²) < 4.78 is 5.09. The summed E-state index contributed by atoms with van der Waals surface area (Å²) >= 11 is 5.99. The highest BCUT2D eigenvalue weighted by Gasteiger charge is 2.42. The van der Waals surface area contributed by atoms with Crippen molar-refractivity contribution < 1.29 is 19.1 Å². The summed E-state index contributed by atoms with van der Waals surface area (Å²) in [6, 6.07) is 20.7. The van der Waals surface area contributed by atoms with E-state index >= 15 is 0 Å². The van der Waals surface area contributed by atoms with Gasteiger partial charge in [-0.2, -0.15) is 0 Å². The highest BCUT2D eigenvalue weighted by Crippen LogP contribution is 2.29. The van der Waals surface area contributed by atoms with Crippen LogP contribution < -0.4 is 15.4 Å². The van der Waals surface area contributed by atoms with E-state index in [1.54, 1.807) is 31.4 Å². The van der Waals surface area contributed by atoms with Crippen LogP contribution in [0, 0.1) is 0 Å². The average Bonchev–Trinajstić information content (AvgIpc) is 3.13. The van der Waals surface area contributed by atoms with Crippen molar-refractivity contribution in [3.8, 4) is 16.9 Å². The Morgan fingerprint density at radius 1 is 1.06 bits per heavy atom. The number of urea groups is 1. The van der Waals surface area contributed by atoms with Crippen LogP contribution in [-0.4, -0.2) is 42.4 Å². The minimum Gasteiger partial charge on any atom is -0.497 e. The highest BCUT2D eigenvalue weighted by molar-refractivity contribution is 6.30. The second-order valence-electron chi connectivity index (χ2n) is 8.05. The number of rotatable bonds is 7. The zero-order valence-corrected chi connectivity index (χ0v) is 19.5. The number of imide groups is 1. The molecular weight excluding hydrogens is 454 g/mol. The summed E-state index contributed by atoms with van der Waals surface area (Å²) in [5.41, 5.74) is 3.42. The SMILES string of the molecule is COc1ccc(NC(=O)CN2C(=O)NC(C(C)c3cccc(-c4ccc(Cl)cc4)c3)C2=O)cc1. The fraction of sp³-hybridized carbons (Fsp3) is 0.192. The Morgan fingerprint density at radius 2 is 1.76 bits per heavy atom. The molecule has 1 saturated heterocycles. The Kier molecular flexibility index (Phi) is 6.84. The number of hydrogen-bond acceptors (Lipinski definition) is 4. The van der Waals surface area contributed by atoms with Crippen LogP contribution in [0.5, 0.6) is 5.75 Å². The summed E-state index contributed by atoms with van der Waals surface area (Å²) in [6.07, 6.45) is 0. The Labute approximate surface area is 202 Å². The summed E-state index contributed by atoms with van der Waals surface area (Å²) in [5.74, 6) is -0.534. The maximum atomic E-state index is 13.0. The van der Waals surface area contributed by atoms with E-state index < -0.39 is 23.9 Å². The third kappa shape index (κ3) is 5.05. The quantitative estimate of drug-likeness (QED) is 0.484. The molecule has 2 atom stereocenters. The van der Waals surface area contributed by atoms with Crippen molar-refractivity contribution in [2.24, 2.45) is 0 Å². The molecule has 0 spiro atoms. The lowest BCUT2D eigenvalue weighted by molar-refractivity contribution is -0.131. The molecule has 0 bridgehead atoms. The number of carbonyl (C=O) groups excluding carboxylic acids is 3. The number of amides is 4. The van der Waals surface area contributed by atoms with Crippen molar-refractivity contribution >= 4 is 35.1 Å². The van der Waals surface area contributed by atoms with E-state index in [2.05, 4.69) is 10.6 Å². The number of halogens is 1. The Hall–Kier alpha value is -3.84. The molecule has 7 nitrogen and oxygen atoms in total. The van der Waals surface area contributed by atoms with Crippen molar-refractivity contribution in [3.05, 3.63) is 83.4 Å². The second-order valence-corrected chi connectivity index (χ2v) is 8.49. The maximum absolute atomic E-state index is 13.0. The average molecular weight is 478 g/mol. The van der Waals surface area contributed by atoms with Gasteiger partial charge in [0.2, 0.25) is 5.91 Å². The number of benzene rings is 3. The molecule has 1 aliphatic heterocycles. The van der Waals surface area contributed by atoms with Crippen molar-refractivity contribution in [3.63, 3.8) is 0 Å². The first-order valence-corrected chi connectivity index (χ1v) is 11.1. The van der Waals surface area contributed by atoms with E-state index in [0.29, 0.717) is 16.5 Å². The lowest BCUT2D eigenvalue weighted by Gasteiger charge is -2.19. The van der Waals surface area contributed by atoms with Crippen molar-refractivity contribution in [2.75, 3.05) is 19.0 Å². The molecular formula is C26H24ClN3O4. The molecule has 4 rings (SSSR count). The summed E-state index contributed by atoms with van der Waals surface area (Å²) in [5, 5.41) is 6.07. The first-order chi connectivity index (χ1) is 16.4. The molecule has 0 aromatic heterocycles. The van der Waals surface area contributed by atoms with E-state index in [1.165, 1.54) is 0 Å².